The Morgan fingerprint density at radius 3 is 2.20 bits per heavy atom. The molecule has 2 unspecified atom stereocenters. The van der Waals surface area contributed by atoms with E-state index >= 15 is 0 Å². The minimum absolute atomic E-state index is 0.348. The Kier molecular flexibility index (Phi) is 6.92. The van der Waals surface area contributed by atoms with Crippen LogP contribution in [0.15, 0.2) is 0 Å². The molecule has 0 heterocycles. The van der Waals surface area contributed by atoms with Gasteiger partial charge in [0.15, 0.2) is 0 Å². The van der Waals surface area contributed by atoms with Crippen molar-refractivity contribution >= 4 is 0 Å². The van der Waals surface area contributed by atoms with Crippen LogP contribution >= 0.6 is 0 Å². The molecular weight excluding hydrogens is 205 g/mol. The number of nitrogens with one attached hydrogen (secondary N) is 2. The first kappa shape index (κ1) is 14.7. The summed E-state index contributed by atoms with van der Waals surface area (Å²) in [4.78, 5) is 0. The van der Waals surface area contributed by atoms with Crippen molar-refractivity contribution in [1.29, 1.82) is 0 Å². The lowest BCUT2D eigenvalue weighted by molar-refractivity contribution is -0.139. The zero-order valence-corrected chi connectivity index (χ0v) is 9.62. The van der Waals surface area contributed by atoms with Crippen LogP contribution in [0.5, 0.6) is 0 Å². The van der Waals surface area contributed by atoms with Crippen molar-refractivity contribution in [2.45, 2.75) is 39.4 Å². The van der Waals surface area contributed by atoms with Gasteiger partial charge in [-0.15, -0.1) is 0 Å². The highest BCUT2D eigenvalue weighted by molar-refractivity contribution is 4.68. The molecule has 92 valence electrons. The highest BCUT2D eigenvalue weighted by atomic mass is 19.4. The SMILES string of the molecule is CCNCC(C)CNC(C)CC(F)(F)F. The Balaban J connectivity index is 3.57. The minimum atomic E-state index is -4.07. The molecule has 0 aromatic rings. The summed E-state index contributed by atoms with van der Waals surface area (Å²) in [6.07, 6.45) is -4.84. The highest BCUT2D eigenvalue weighted by Gasteiger charge is 2.29. The molecule has 5 heteroatoms. The van der Waals surface area contributed by atoms with E-state index in [1.54, 1.807) is 6.92 Å². The fourth-order valence-corrected chi connectivity index (χ4v) is 1.28. The number of rotatable bonds is 7. The predicted molar refractivity (Wildman–Crippen MR) is 55.8 cm³/mol. The molecule has 0 aliphatic carbocycles. The molecule has 0 aliphatic heterocycles. The van der Waals surface area contributed by atoms with Crippen LogP contribution in [0.3, 0.4) is 0 Å². The van der Waals surface area contributed by atoms with E-state index in [9.17, 15) is 13.2 Å². The van der Waals surface area contributed by atoms with Crippen LogP contribution in [0.1, 0.15) is 27.2 Å². The molecular formula is C10H21F3N2. The van der Waals surface area contributed by atoms with Gasteiger partial charge < -0.3 is 10.6 Å². The van der Waals surface area contributed by atoms with Gasteiger partial charge in [-0.1, -0.05) is 13.8 Å². The molecule has 2 nitrogen and oxygen atoms in total. The van der Waals surface area contributed by atoms with Gasteiger partial charge in [0.1, 0.15) is 0 Å². The van der Waals surface area contributed by atoms with Crippen LogP contribution in [-0.4, -0.2) is 31.9 Å². The minimum Gasteiger partial charge on any atom is -0.317 e. The summed E-state index contributed by atoms with van der Waals surface area (Å²) >= 11 is 0. The molecule has 0 aromatic carbocycles. The maximum absolute atomic E-state index is 12.0. The normalized spacial score (nSPS) is 16.4. The molecule has 0 fully saturated rings. The molecule has 0 bridgehead atoms. The third kappa shape index (κ3) is 10.0. The largest absolute Gasteiger partial charge is 0.390 e. The number of halogens is 3. The van der Waals surface area contributed by atoms with Crippen LogP contribution in [0.25, 0.3) is 0 Å². The Hall–Kier alpha value is -0.290. The van der Waals surface area contributed by atoms with Crippen molar-refractivity contribution in [3.05, 3.63) is 0 Å². The van der Waals surface area contributed by atoms with E-state index in [4.69, 9.17) is 0 Å². The lowest BCUT2D eigenvalue weighted by Crippen LogP contribution is -2.36. The van der Waals surface area contributed by atoms with Gasteiger partial charge in [-0.3, -0.25) is 0 Å². The lowest BCUT2D eigenvalue weighted by atomic mass is 10.1. The van der Waals surface area contributed by atoms with E-state index in [1.165, 1.54) is 0 Å². The zero-order valence-electron chi connectivity index (χ0n) is 9.62. The van der Waals surface area contributed by atoms with Gasteiger partial charge in [-0.05, 0) is 32.5 Å². The Labute approximate surface area is 89.6 Å². The molecule has 0 spiro atoms. The predicted octanol–water partition coefficient (Wildman–Crippen LogP) is 2.16. The van der Waals surface area contributed by atoms with Gasteiger partial charge >= 0.3 is 6.18 Å². The smallest absolute Gasteiger partial charge is 0.317 e. The van der Waals surface area contributed by atoms with Crippen molar-refractivity contribution in [2.75, 3.05) is 19.6 Å². The fourth-order valence-electron chi connectivity index (χ4n) is 1.28. The maximum Gasteiger partial charge on any atom is 0.390 e. The van der Waals surface area contributed by atoms with E-state index in [0.717, 1.165) is 13.1 Å². The summed E-state index contributed by atoms with van der Waals surface area (Å²) in [5.74, 6) is 0.348. The first-order valence-corrected chi connectivity index (χ1v) is 5.36. The fraction of sp³-hybridized carbons (Fsp3) is 1.00. The number of hydrogen-bond acceptors (Lipinski definition) is 2. The summed E-state index contributed by atoms with van der Waals surface area (Å²) < 4.78 is 35.9. The van der Waals surface area contributed by atoms with Crippen molar-refractivity contribution in [3.63, 3.8) is 0 Å². The third-order valence-electron chi connectivity index (χ3n) is 2.10. The van der Waals surface area contributed by atoms with Crippen LogP contribution < -0.4 is 10.6 Å². The van der Waals surface area contributed by atoms with Gasteiger partial charge in [0.25, 0.3) is 0 Å². The average Bonchev–Trinajstić information content (AvgIpc) is 2.08. The Morgan fingerprint density at radius 1 is 1.13 bits per heavy atom. The monoisotopic (exact) mass is 226 g/mol. The maximum atomic E-state index is 12.0. The van der Waals surface area contributed by atoms with Gasteiger partial charge in [-0.25, -0.2) is 0 Å². The molecule has 0 amide bonds. The quantitative estimate of drug-likeness (QED) is 0.695. The molecule has 0 rings (SSSR count). The molecule has 2 N–H and O–H groups in total. The summed E-state index contributed by atoms with van der Waals surface area (Å²) in [5, 5.41) is 6.05. The van der Waals surface area contributed by atoms with E-state index in [1.807, 2.05) is 13.8 Å². The molecule has 0 aliphatic rings. The molecule has 0 saturated heterocycles. The van der Waals surface area contributed by atoms with Crippen LogP contribution in [0.2, 0.25) is 0 Å². The molecule has 2 atom stereocenters. The standard InChI is InChI=1S/C10H21F3N2/c1-4-14-6-8(2)7-15-9(3)5-10(11,12)13/h8-9,14-15H,4-7H2,1-3H3. The average molecular weight is 226 g/mol. The zero-order chi connectivity index (χ0) is 11.9. The summed E-state index contributed by atoms with van der Waals surface area (Å²) in [5.41, 5.74) is 0. The summed E-state index contributed by atoms with van der Waals surface area (Å²) in [6.45, 7) is 7.92. The first-order valence-electron chi connectivity index (χ1n) is 5.36. The van der Waals surface area contributed by atoms with Gasteiger partial charge in [0.2, 0.25) is 0 Å². The van der Waals surface area contributed by atoms with Crippen LogP contribution in [-0.2, 0) is 0 Å². The van der Waals surface area contributed by atoms with Crippen LogP contribution in [0.4, 0.5) is 13.2 Å². The van der Waals surface area contributed by atoms with E-state index in [0.29, 0.717) is 12.5 Å². The summed E-state index contributed by atoms with van der Waals surface area (Å²) in [6, 6.07) is -0.505. The first-order chi connectivity index (χ1) is 6.85. The van der Waals surface area contributed by atoms with Crippen molar-refractivity contribution in [2.24, 2.45) is 5.92 Å². The summed E-state index contributed by atoms with van der Waals surface area (Å²) in [7, 11) is 0. The Bertz CT molecular complexity index is 159. The Morgan fingerprint density at radius 2 is 1.73 bits per heavy atom. The van der Waals surface area contributed by atoms with E-state index in [-0.39, 0.29) is 0 Å². The van der Waals surface area contributed by atoms with Crippen LogP contribution in [0, 0.1) is 5.92 Å². The van der Waals surface area contributed by atoms with Crippen molar-refractivity contribution in [1.82, 2.24) is 10.6 Å². The lowest BCUT2D eigenvalue weighted by Gasteiger charge is -2.19. The number of hydrogen-bond donors (Lipinski definition) is 2. The van der Waals surface area contributed by atoms with Gasteiger partial charge in [-0.2, -0.15) is 13.2 Å². The second-order valence-electron chi connectivity index (χ2n) is 4.04. The molecule has 0 radical (unpaired) electrons. The van der Waals surface area contributed by atoms with Crippen molar-refractivity contribution < 1.29 is 13.2 Å². The second kappa shape index (κ2) is 7.06. The number of alkyl halides is 3. The van der Waals surface area contributed by atoms with E-state index < -0.39 is 18.6 Å². The van der Waals surface area contributed by atoms with E-state index in [2.05, 4.69) is 10.6 Å². The van der Waals surface area contributed by atoms with Crippen molar-refractivity contribution in [3.8, 4) is 0 Å². The van der Waals surface area contributed by atoms with Gasteiger partial charge in [0, 0.05) is 6.04 Å². The van der Waals surface area contributed by atoms with Gasteiger partial charge in [0.05, 0.1) is 6.42 Å². The highest BCUT2D eigenvalue weighted by Crippen LogP contribution is 2.21. The second-order valence-corrected chi connectivity index (χ2v) is 4.04. The third-order valence-corrected chi connectivity index (χ3v) is 2.10. The molecule has 0 aromatic heterocycles. The molecule has 15 heavy (non-hydrogen) atoms. The molecule has 0 saturated carbocycles. The topological polar surface area (TPSA) is 24.1 Å².